The zero-order chi connectivity index (χ0) is 13.2. The minimum Gasteiger partial charge on any atom is -0.361 e. The number of H-pyrrole nitrogens is 1. The number of piperazine rings is 1. The second kappa shape index (κ2) is 5.33. The second-order valence-electron chi connectivity index (χ2n) is 5.38. The lowest BCUT2D eigenvalue weighted by atomic mass is 9.97. The van der Waals surface area contributed by atoms with E-state index in [1.807, 2.05) is 7.05 Å². The van der Waals surface area contributed by atoms with E-state index in [0.29, 0.717) is 12.1 Å². The summed E-state index contributed by atoms with van der Waals surface area (Å²) in [5, 5.41) is 8.43. The van der Waals surface area contributed by atoms with E-state index in [9.17, 15) is 0 Å². The molecule has 1 saturated heterocycles. The van der Waals surface area contributed by atoms with Crippen molar-refractivity contribution in [3.05, 3.63) is 36.0 Å². The molecule has 0 amide bonds. The molecule has 0 bridgehead atoms. The molecule has 3 N–H and O–H groups in total. The van der Waals surface area contributed by atoms with Crippen molar-refractivity contribution in [1.29, 1.82) is 0 Å². The summed E-state index contributed by atoms with van der Waals surface area (Å²) in [4.78, 5) is 5.76. The SMILES string of the molecule is CNC(c1c[nH]c2ccccc12)C1CN(C)CCN1. The third-order valence-corrected chi connectivity index (χ3v) is 4.08. The molecule has 1 aromatic heterocycles. The minimum absolute atomic E-state index is 0.332. The Bertz CT molecular complexity index is 548. The molecule has 3 rings (SSSR count). The molecule has 0 aliphatic carbocycles. The number of rotatable bonds is 3. The Morgan fingerprint density at radius 3 is 3.00 bits per heavy atom. The molecule has 1 aromatic carbocycles. The van der Waals surface area contributed by atoms with Crippen molar-refractivity contribution in [2.24, 2.45) is 0 Å². The summed E-state index contributed by atoms with van der Waals surface area (Å²) < 4.78 is 0. The molecule has 1 aliphatic rings. The predicted molar refractivity (Wildman–Crippen MR) is 79.4 cm³/mol. The Morgan fingerprint density at radius 1 is 1.37 bits per heavy atom. The lowest BCUT2D eigenvalue weighted by Crippen LogP contribution is -2.54. The molecule has 2 heterocycles. The van der Waals surface area contributed by atoms with Crippen LogP contribution in [-0.4, -0.2) is 49.7 Å². The van der Waals surface area contributed by atoms with Crippen LogP contribution in [0.25, 0.3) is 10.9 Å². The number of para-hydroxylation sites is 1. The van der Waals surface area contributed by atoms with Gasteiger partial charge >= 0.3 is 0 Å². The number of likely N-dealkylation sites (N-methyl/N-ethyl adjacent to an activating group) is 2. The Hall–Kier alpha value is -1.36. The first kappa shape index (κ1) is 12.7. The fraction of sp³-hybridized carbons (Fsp3) is 0.467. The van der Waals surface area contributed by atoms with Gasteiger partial charge in [-0.3, -0.25) is 0 Å². The lowest BCUT2D eigenvalue weighted by molar-refractivity contribution is 0.210. The number of aromatic nitrogens is 1. The molecule has 0 saturated carbocycles. The molecular formula is C15H22N4. The standard InChI is InChI=1S/C15H22N4/c1-16-15(14-10-19(2)8-7-17-14)12-9-18-13-6-4-3-5-11(12)13/h3-6,9,14-18H,7-8,10H2,1-2H3. The molecule has 0 spiro atoms. The van der Waals surface area contributed by atoms with Crippen LogP contribution in [0.3, 0.4) is 0 Å². The summed E-state index contributed by atoms with van der Waals surface area (Å²) in [6.45, 7) is 3.26. The summed E-state index contributed by atoms with van der Waals surface area (Å²) in [7, 11) is 4.23. The van der Waals surface area contributed by atoms with Crippen molar-refractivity contribution in [3.63, 3.8) is 0 Å². The van der Waals surface area contributed by atoms with Gasteiger partial charge in [-0.05, 0) is 25.7 Å². The topological polar surface area (TPSA) is 43.1 Å². The Morgan fingerprint density at radius 2 is 2.21 bits per heavy atom. The first-order chi connectivity index (χ1) is 9.29. The largest absolute Gasteiger partial charge is 0.361 e. The summed E-state index contributed by atoms with van der Waals surface area (Å²) >= 11 is 0. The zero-order valence-corrected chi connectivity index (χ0v) is 11.6. The third kappa shape index (κ3) is 2.39. The lowest BCUT2D eigenvalue weighted by Gasteiger charge is -2.36. The second-order valence-corrected chi connectivity index (χ2v) is 5.38. The van der Waals surface area contributed by atoms with Crippen molar-refractivity contribution >= 4 is 10.9 Å². The predicted octanol–water partition coefficient (Wildman–Crippen LogP) is 1.33. The van der Waals surface area contributed by atoms with E-state index in [1.165, 1.54) is 16.5 Å². The number of nitrogens with zero attached hydrogens (tertiary/aromatic N) is 1. The highest BCUT2D eigenvalue weighted by Gasteiger charge is 2.27. The molecule has 0 radical (unpaired) electrons. The van der Waals surface area contributed by atoms with Crippen LogP contribution in [0.4, 0.5) is 0 Å². The highest BCUT2D eigenvalue weighted by Crippen LogP contribution is 2.26. The number of benzene rings is 1. The van der Waals surface area contributed by atoms with E-state index in [4.69, 9.17) is 0 Å². The number of hydrogen-bond donors (Lipinski definition) is 3. The number of hydrogen-bond acceptors (Lipinski definition) is 3. The van der Waals surface area contributed by atoms with Gasteiger partial charge < -0.3 is 20.5 Å². The van der Waals surface area contributed by atoms with Crippen LogP contribution in [0.2, 0.25) is 0 Å². The van der Waals surface area contributed by atoms with Gasteiger partial charge in [0.2, 0.25) is 0 Å². The van der Waals surface area contributed by atoms with Gasteiger partial charge in [0.1, 0.15) is 0 Å². The van der Waals surface area contributed by atoms with Crippen LogP contribution in [0.15, 0.2) is 30.5 Å². The quantitative estimate of drug-likeness (QED) is 0.778. The third-order valence-electron chi connectivity index (χ3n) is 4.08. The van der Waals surface area contributed by atoms with Gasteiger partial charge in [-0.1, -0.05) is 18.2 Å². The molecule has 102 valence electrons. The van der Waals surface area contributed by atoms with Gasteiger partial charge in [-0.15, -0.1) is 0 Å². The van der Waals surface area contributed by atoms with Crippen LogP contribution < -0.4 is 10.6 Å². The maximum atomic E-state index is 3.64. The summed E-state index contributed by atoms with van der Waals surface area (Å²) in [5.41, 5.74) is 2.56. The van der Waals surface area contributed by atoms with Crippen LogP contribution in [0.1, 0.15) is 11.6 Å². The maximum absolute atomic E-state index is 3.64. The van der Waals surface area contributed by atoms with Crippen LogP contribution in [0, 0.1) is 0 Å². The highest BCUT2D eigenvalue weighted by atomic mass is 15.2. The molecule has 2 atom stereocenters. The van der Waals surface area contributed by atoms with Crippen molar-refractivity contribution in [3.8, 4) is 0 Å². The van der Waals surface area contributed by atoms with Gasteiger partial charge in [0.15, 0.2) is 0 Å². The smallest absolute Gasteiger partial charge is 0.0507 e. The van der Waals surface area contributed by atoms with Crippen LogP contribution in [-0.2, 0) is 0 Å². The van der Waals surface area contributed by atoms with E-state index >= 15 is 0 Å². The van der Waals surface area contributed by atoms with Crippen molar-refractivity contribution in [1.82, 2.24) is 20.5 Å². The zero-order valence-electron chi connectivity index (χ0n) is 11.6. The normalized spacial score (nSPS) is 22.7. The van der Waals surface area contributed by atoms with Gasteiger partial charge in [-0.2, -0.15) is 0 Å². The number of aromatic amines is 1. The Balaban J connectivity index is 1.93. The van der Waals surface area contributed by atoms with E-state index in [-0.39, 0.29) is 0 Å². The first-order valence-electron chi connectivity index (χ1n) is 6.95. The van der Waals surface area contributed by atoms with Gasteiger partial charge in [-0.25, -0.2) is 0 Å². The molecule has 1 aliphatic heterocycles. The maximum Gasteiger partial charge on any atom is 0.0507 e. The average molecular weight is 258 g/mol. The van der Waals surface area contributed by atoms with Crippen LogP contribution in [0.5, 0.6) is 0 Å². The summed E-state index contributed by atoms with van der Waals surface area (Å²) in [6.07, 6.45) is 2.14. The first-order valence-corrected chi connectivity index (χ1v) is 6.95. The van der Waals surface area contributed by atoms with Crippen molar-refractivity contribution < 1.29 is 0 Å². The van der Waals surface area contributed by atoms with Crippen LogP contribution >= 0.6 is 0 Å². The minimum atomic E-state index is 0.332. The Labute approximate surface area is 114 Å². The molecule has 2 unspecified atom stereocenters. The number of nitrogens with one attached hydrogen (secondary N) is 3. The molecule has 2 aromatic rings. The molecule has 19 heavy (non-hydrogen) atoms. The highest BCUT2D eigenvalue weighted by molar-refractivity contribution is 5.83. The molecular weight excluding hydrogens is 236 g/mol. The van der Waals surface area contributed by atoms with Gasteiger partial charge in [0, 0.05) is 42.8 Å². The van der Waals surface area contributed by atoms with Gasteiger partial charge in [0.25, 0.3) is 0 Å². The van der Waals surface area contributed by atoms with Gasteiger partial charge in [0.05, 0.1) is 6.04 Å². The summed E-state index contributed by atoms with van der Waals surface area (Å²) in [6, 6.07) is 9.28. The van der Waals surface area contributed by atoms with E-state index in [2.05, 4.69) is 58.0 Å². The number of fused-ring (bicyclic) bond motifs is 1. The molecule has 4 nitrogen and oxygen atoms in total. The fourth-order valence-electron chi connectivity index (χ4n) is 3.08. The van der Waals surface area contributed by atoms with Crippen molar-refractivity contribution in [2.75, 3.05) is 33.7 Å². The average Bonchev–Trinajstić information content (AvgIpc) is 2.84. The monoisotopic (exact) mass is 258 g/mol. The molecule has 4 heteroatoms. The van der Waals surface area contributed by atoms with E-state index in [1.54, 1.807) is 0 Å². The Kier molecular flexibility index (Phi) is 3.55. The fourth-order valence-corrected chi connectivity index (χ4v) is 3.08. The summed E-state index contributed by atoms with van der Waals surface area (Å²) in [5.74, 6) is 0. The van der Waals surface area contributed by atoms with E-state index in [0.717, 1.165) is 19.6 Å². The van der Waals surface area contributed by atoms with E-state index < -0.39 is 0 Å². The molecule has 1 fully saturated rings. The van der Waals surface area contributed by atoms with Crippen molar-refractivity contribution in [2.45, 2.75) is 12.1 Å².